The SMILES string of the molecule is C=CCOc1ccc(/C=C2/NC(=O)N(Cc3ccccc3)C2=O)cc1OC. The van der Waals surface area contributed by atoms with Crippen LogP contribution in [0.3, 0.4) is 0 Å². The predicted molar refractivity (Wildman–Crippen MR) is 102 cm³/mol. The number of benzene rings is 2. The number of methoxy groups -OCH3 is 1. The predicted octanol–water partition coefficient (Wildman–Crippen LogP) is 3.35. The molecule has 0 spiro atoms. The second-order valence-corrected chi connectivity index (χ2v) is 5.88. The summed E-state index contributed by atoms with van der Waals surface area (Å²) in [7, 11) is 1.54. The fourth-order valence-corrected chi connectivity index (χ4v) is 2.69. The minimum Gasteiger partial charge on any atom is -0.493 e. The number of carbonyl (C=O) groups is 2. The van der Waals surface area contributed by atoms with Crippen LogP contribution in [0.4, 0.5) is 4.79 Å². The van der Waals surface area contributed by atoms with E-state index in [1.54, 1.807) is 30.4 Å². The Morgan fingerprint density at radius 2 is 1.89 bits per heavy atom. The summed E-state index contributed by atoms with van der Waals surface area (Å²) in [6, 6.07) is 14.2. The fourth-order valence-electron chi connectivity index (χ4n) is 2.69. The molecule has 2 aromatic carbocycles. The lowest BCUT2D eigenvalue weighted by atomic mass is 10.1. The Bertz CT molecular complexity index is 890. The maximum atomic E-state index is 12.6. The largest absolute Gasteiger partial charge is 0.493 e. The van der Waals surface area contributed by atoms with Crippen LogP contribution >= 0.6 is 0 Å². The molecule has 0 aromatic heterocycles. The number of nitrogens with one attached hydrogen (secondary N) is 1. The third kappa shape index (κ3) is 4.17. The molecule has 0 unspecified atom stereocenters. The highest BCUT2D eigenvalue weighted by Crippen LogP contribution is 2.29. The molecule has 0 saturated carbocycles. The third-order valence-electron chi connectivity index (χ3n) is 4.00. The van der Waals surface area contributed by atoms with E-state index in [-0.39, 0.29) is 18.1 Å². The molecule has 0 aliphatic carbocycles. The first-order chi connectivity index (χ1) is 13.1. The van der Waals surface area contributed by atoms with Gasteiger partial charge in [-0.05, 0) is 29.3 Å². The molecule has 6 heteroatoms. The molecular formula is C21H20N2O4. The van der Waals surface area contributed by atoms with Gasteiger partial charge in [0.15, 0.2) is 11.5 Å². The van der Waals surface area contributed by atoms with Crippen LogP contribution < -0.4 is 14.8 Å². The third-order valence-corrected chi connectivity index (χ3v) is 4.00. The molecule has 138 valence electrons. The second kappa shape index (κ2) is 8.23. The highest BCUT2D eigenvalue weighted by atomic mass is 16.5. The number of imide groups is 1. The van der Waals surface area contributed by atoms with Crippen molar-refractivity contribution in [3.05, 3.63) is 78.0 Å². The van der Waals surface area contributed by atoms with Crippen molar-refractivity contribution in [3.8, 4) is 11.5 Å². The average molecular weight is 364 g/mol. The van der Waals surface area contributed by atoms with Crippen molar-refractivity contribution in [2.75, 3.05) is 13.7 Å². The summed E-state index contributed by atoms with van der Waals surface area (Å²) in [5.74, 6) is 0.742. The molecule has 27 heavy (non-hydrogen) atoms. The quantitative estimate of drug-likeness (QED) is 0.465. The Kier molecular flexibility index (Phi) is 5.56. The summed E-state index contributed by atoms with van der Waals surface area (Å²) in [6.45, 7) is 4.20. The van der Waals surface area contributed by atoms with Gasteiger partial charge in [0.1, 0.15) is 12.3 Å². The van der Waals surface area contributed by atoms with Gasteiger partial charge in [0.05, 0.1) is 13.7 Å². The zero-order valence-corrected chi connectivity index (χ0v) is 15.0. The van der Waals surface area contributed by atoms with Gasteiger partial charge in [-0.2, -0.15) is 0 Å². The topological polar surface area (TPSA) is 67.9 Å². The number of nitrogens with zero attached hydrogens (tertiary/aromatic N) is 1. The lowest BCUT2D eigenvalue weighted by Crippen LogP contribution is -2.30. The van der Waals surface area contributed by atoms with E-state index >= 15 is 0 Å². The van der Waals surface area contributed by atoms with E-state index < -0.39 is 6.03 Å². The van der Waals surface area contributed by atoms with Gasteiger partial charge in [0.25, 0.3) is 5.91 Å². The smallest absolute Gasteiger partial charge is 0.329 e. The summed E-state index contributed by atoms with van der Waals surface area (Å²) >= 11 is 0. The van der Waals surface area contributed by atoms with E-state index in [9.17, 15) is 9.59 Å². The molecule has 2 aromatic rings. The number of hydrogen-bond acceptors (Lipinski definition) is 4. The maximum Gasteiger partial charge on any atom is 0.329 e. The van der Waals surface area contributed by atoms with Gasteiger partial charge in [0.2, 0.25) is 0 Å². The van der Waals surface area contributed by atoms with Crippen LogP contribution in [0.2, 0.25) is 0 Å². The molecular weight excluding hydrogens is 344 g/mol. The molecule has 3 rings (SSSR count). The van der Waals surface area contributed by atoms with Gasteiger partial charge >= 0.3 is 6.03 Å². The van der Waals surface area contributed by atoms with Crippen LogP contribution in [0.5, 0.6) is 11.5 Å². The van der Waals surface area contributed by atoms with Crippen molar-refractivity contribution in [2.24, 2.45) is 0 Å². The van der Waals surface area contributed by atoms with Crippen molar-refractivity contribution in [1.82, 2.24) is 10.2 Å². The minimum absolute atomic E-state index is 0.220. The molecule has 0 radical (unpaired) electrons. The number of carbonyl (C=O) groups excluding carboxylic acids is 2. The Balaban J connectivity index is 1.80. The molecule has 3 amide bonds. The molecule has 1 aliphatic rings. The standard InChI is InChI=1S/C21H20N2O4/c1-3-11-27-18-10-9-16(13-19(18)26-2)12-17-20(24)23(21(25)22-17)14-15-7-5-4-6-8-15/h3-10,12-13H,1,11,14H2,2H3,(H,22,25)/b17-12+. The molecule has 0 atom stereocenters. The number of amides is 3. The van der Waals surface area contributed by atoms with Crippen LogP contribution in [0, 0.1) is 0 Å². The van der Waals surface area contributed by atoms with Crippen molar-refractivity contribution in [3.63, 3.8) is 0 Å². The Hall–Kier alpha value is -3.54. The first kappa shape index (κ1) is 18.3. The van der Waals surface area contributed by atoms with Crippen LogP contribution in [-0.2, 0) is 11.3 Å². The highest BCUT2D eigenvalue weighted by Gasteiger charge is 2.33. The molecule has 1 saturated heterocycles. The molecule has 1 heterocycles. The van der Waals surface area contributed by atoms with Crippen molar-refractivity contribution in [1.29, 1.82) is 0 Å². The zero-order valence-electron chi connectivity index (χ0n) is 15.0. The van der Waals surface area contributed by atoms with Crippen molar-refractivity contribution >= 4 is 18.0 Å². The fraction of sp³-hybridized carbons (Fsp3) is 0.143. The summed E-state index contributed by atoms with van der Waals surface area (Å²) in [5.41, 5.74) is 1.81. The Morgan fingerprint density at radius 1 is 1.11 bits per heavy atom. The van der Waals surface area contributed by atoms with E-state index in [1.165, 1.54) is 12.0 Å². The van der Waals surface area contributed by atoms with Crippen LogP contribution in [-0.4, -0.2) is 30.6 Å². The summed E-state index contributed by atoms with van der Waals surface area (Å²) in [5, 5.41) is 2.62. The first-order valence-corrected chi connectivity index (χ1v) is 8.42. The number of rotatable bonds is 7. The summed E-state index contributed by atoms with van der Waals surface area (Å²) < 4.78 is 10.8. The zero-order chi connectivity index (χ0) is 19.2. The van der Waals surface area contributed by atoms with Gasteiger partial charge in [-0.1, -0.05) is 49.1 Å². The molecule has 1 aliphatic heterocycles. The molecule has 1 fully saturated rings. The van der Waals surface area contributed by atoms with Gasteiger partial charge in [-0.25, -0.2) is 4.79 Å². The Morgan fingerprint density at radius 3 is 2.59 bits per heavy atom. The lowest BCUT2D eigenvalue weighted by molar-refractivity contribution is -0.123. The monoisotopic (exact) mass is 364 g/mol. The van der Waals surface area contributed by atoms with E-state index in [1.807, 2.05) is 30.3 Å². The van der Waals surface area contributed by atoms with E-state index in [0.717, 1.165) is 5.56 Å². The highest BCUT2D eigenvalue weighted by molar-refractivity contribution is 6.13. The molecule has 0 bridgehead atoms. The van der Waals surface area contributed by atoms with Crippen molar-refractivity contribution in [2.45, 2.75) is 6.54 Å². The normalized spacial score (nSPS) is 15.0. The lowest BCUT2D eigenvalue weighted by Gasteiger charge is -2.11. The minimum atomic E-state index is -0.437. The van der Waals surface area contributed by atoms with Crippen molar-refractivity contribution < 1.29 is 19.1 Å². The second-order valence-electron chi connectivity index (χ2n) is 5.88. The van der Waals surface area contributed by atoms with Crippen LogP contribution in [0.15, 0.2) is 66.9 Å². The van der Waals surface area contributed by atoms with Gasteiger partial charge < -0.3 is 14.8 Å². The summed E-state index contributed by atoms with van der Waals surface area (Å²) in [6.07, 6.45) is 3.26. The van der Waals surface area contributed by atoms with E-state index in [0.29, 0.717) is 23.7 Å². The molecule has 6 nitrogen and oxygen atoms in total. The van der Waals surface area contributed by atoms with Gasteiger partial charge in [-0.15, -0.1) is 0 Å². The van der Waals surface area contributed by atoms with Crippen LogP contribution in [0.25, 0.3) is 6.08 Å². The summed E-state index contributed by atoms with van der Waals surface area (Å²) in [4.78, 5) is 26.0. The van der Waals surface area contributed by atoms with Crippen LogP contribution in [0.1, 0.15) is 11.1 Å². The number of ether oxygens (including phenoxy) is 2. The Labute approximate surface area is 157 Å². The van der Waals surface area contributed by atoms with E-state index in [4.69, 9.17) is 9.47 Å². The number of urea groups is 1. The average Bonchev–Trinajstić information content (AvgIpc) is 2.95. The number of hydrogen-bond donors (Lipinski definition) is 1. The van der Waals surface area contributed by atoms with Gasteiger partial charge in [0, 0.05) is 0 Å². The maximum absolute atomic E-state index is 12.6. The van der Waals surface area contributed by atoms with E-state index in [2.05, 4.69) is 11.9 Å². The molecule has 1 N–H and O–H groups in total. The van der Waals surface area contributed by atoms with Gasteiger partial charge in [-0.3, -0.25) is 9.69 Å². The first-order valence-electron chi connectivity index (χ1n) is 8.42.